The summed E-state index contributed by atoms with van der Waals surface area (Å²) in [6, 6.07) is 0.889. The second-order valence-corrected chi connectivity index (χ2v) is 10.2. The average Bonchev–Trinajstić information content (AvgIpc) is 2.94. The first-order valence-corrected chi connectivity index (χ1v) is 11.0. The van der Waals surface area contributed by atoms with Gasteiger partial charge in [-0.2, -0.15) is 4.31 Å². The number of nitrogens with one attached hydrogen (secondary N) is 1. The van der Waals surface area contributed by atoms with E-state index in [2.05, 4.69) is 10.2 Å². The minimum Gasteiger partial charge on any atom is -0.314 e. The second-order valence-electron chi connectivity index (χ2n) is 5.24. The maximum absolute atomic E-state index is 12.7. The van der Waals surface area contributed by atoms with Crippen molar-refractivity contribution in [2.24, 2.45) is 5.14 Å². The fourth-order valence-electron chi connectivity index (χ4n) is 2.48. The summed E-state index contributed by atoms with van der Waals surface area (Å²) in [5.41, 5.74) is 0.369. The van der Waals surface area contributed by atoms with E-state index in [9.17, 15) is 26.9 Å². The van der Waals surface area contributed by atoms with E-state index in [1.54, 1.807) is 0 Å². The van der Waals surface area contributed by atoms with E-state index in [1.807, 2.05) is 6.92 Å². The predicted molar refractivity (Wildman–Crippen MR) is 88.4 cm³/mol. The van der Waals surface area contributed by atoms with Gasteiger partial charge in [-0.1, -0.05) is 6.92 Å². The molecule has 0 radical (unpaired) electrons. The van der Waals surface area contributed by atoms with E-state index in [1.165, 1.54) is 6.07 Å². The lowest BCUT2D eigenvalue weighted by atomic mass is 10.1. The van der Waals surface area contributed by atoms with Gasteiger partial charge in [-0.15, -0.1) is 21.5 Å². The van der Waals surface area contributed by atoms with Gasteiger partial charge in [-0.3, -0.25) is 0 Å². The van der Waals surface area contributed by atoms with Gasteiger partial charge in [0.05, 0.1) is 6.61 Å². The molecule has 0 aromatic carbocycles. The zero-order valence-electron chi connectivity index (χ0n) is 13.2. The molecular formula is C11H18N4O7S3. The largest absolute Gasteiger partial charge is 0.314 e. The molecule has 0 aliphatic carbocycles. The average molecular weight is 414 g/mol. The smallest absolute Gasteiger partial charge is 0.294 e. The predicted octanol–water partition coefficient (Wildman–Crippen LogP) is -0.351. The van der Waals surface area contributed by atoms with Crippen LogP contribution in [0.15, 0.2) is 14.5 Å². The number of nitrogens with two attached hydrogens (primary N) is 1. The number of fused-ring (bicyclic) bond motifs is 1. The van der Waals surface area contributed by atoms with Crippen molar-refractivity contribution in [3.63, 3.8) is 0 Å². The van der Waals surface area contributed by atoms with Crippen LogP contribution in [0.4, 0.5) is 0 Å². The Kier molecular flexibility index (Phi) is 6.01. The number of hydrogen-bond donors (Lipinski definition) is 2. The lowest BCUT2D eigenvalue weighted by Crippen LogP contribution is -2.43. The Balaban J connectivity index is 2.32. The molecule has 1 aromatic heterocycles. The quantitative estimate of drug-likeness (QED) is 0.331. The number of nitrogens with zero attached hydrogens (tertiary/aromatic N) is 2. The van der Waals surface area contributed by atoms with Crippen molar-refractivity contribution in [1.29, 1.82) is 0 Å². The number of rotatable bonds is 8. The van der Waals surface area contributed by atoms with Gasteiger partial charge in [0, 0.05) is 24.7 Å². The van der Waals surface area contributed by atoms with Gasteiger partial charge in [-0.25, -0.2) is 22.0 Å². The van der Waals surface area contributed by atoms with Crippen LogP contribution in [0.1, 0.15) is 24.9 Å². The van der Waals surface area contributed by atoms with Crippen LogP contribution in [-0.4, -0.2) is 52.5 Å². The summed E-state index contributed by atoms with van der Waals surface area (Å²) in [6.45, 7) is 2.25. The van der Waals surface area contributed by atoms with Crippen LogP contribution in [0.2, 0.25) is 0 Å². The van der Waals surface area contributed by atoms with Gasteiger partial charge in [0.1, 0.15) is 8.42 Å². The van der Waals surface area contributed by atoms with Crippen LogP contribution in [0, 0.1) is 10.1 Å². The second kappa shape index (κ2) is 7.51. The van der Waals surface area contributed by atoms with Gasteiger partial charge in [0.25, 0.3) is 15.1 Å². The van der Waals surface area contributed by atoms with Crippen molar-refractivity contribution >= 4 is 31.4 Å². The summed E-state index contributed by atoms with van der Waals surface area (Å²) in [6.07, 6.45) is 0.127. The summed E-state index contributed by atoms with van der Waals surface area (Å²) in [4.78, 5) is 14.3. The molecule has 0 unspecified atom stereocenters. The van der Waals surface area contributed by atoms with Crippen LogP contribution >= 0.6 is 11.3 Å². The number of sulfonamides is 2. The van der Waals surface area contributed by atoms with Crippen molar-refractivity contribution in [2.75, 3.05) is 26.2 Å². The zero-order valence-corrected chi connectivity index (χ0v) is 15.7. The zero-order chi connectivity index (χ0) is 18.8. The lowest BCUT2D eigenvalue weighted by molar-refractivity contribution is -0.757. The molecular weight excluding hydrogens is 396 g/mol. The molecule has 0 amide bonds. The van der Waals surface area contributed by atoms with Crippen molar-refractivity contribution < 1.29 is 26.8 Å². The first kappa shape index (κ1) is 20.0. The Morgan fingerprint density at radius 2 is 2.24 bits per heavy atom. The van der Waals surface area contributed by atoms with Crippen molar-refractivity contribution in [3.05, 3.63) is 21.7 Å². The summed E-state index contributed by atoms with van der Waals surface area (Å²) in [7, 11) is -7.93. The third-order valence-corrected chi connectivity index (χ3v) is 8.48. The molecule has 142 valence electrons. The van der Waals surface area contributed by atoms with E-state index in [0.29, 0.717) is 23.4 Å². The minimum atomic E-state index is -4.02. The SMILES string of the molecule is CCN[C@H]1CN(CCCO[N+](=O)[O-])S(=O)(=O)c2sc(S(N)(=O)=O)cc21. The van der Waals surface area contributed by atoms with Crippen molar-refractivity contribution in [2.45, 2.75) is 27.8 Å². The van der Waals surface area contributed by atoms with E-state index in [0.717, 1.165) is 4.31 Å². The molecule has 0 saturated heterocycles. The normalized spacial score (nSPS) is 20.2. The van der Waals surface area contributed by atoms with E-state index >= 15 is 0 Å². The molecule has 14 heteroatoms. The maximum atomic E-state index is 12.7. The van der Waals surface area contributed by atoms with Crippen molar-refractivity contribution in [3.8, 4) is 0 Å². The fourth-order valence-corrected chi connectivity index (χ4v) is 6.79. The number of primary sulfonamides is 1. The molecule has 2 heterocycles. The van der Waals surface area contributed by atoms with Crippen LogP contribution in [0.25, 0.3) is 0 Å². The molecule has 0 fully saturated rings. The molecule has 3 N–H and O–H groups in total. The molecule has 0 saturated carbocycles. The summed E-state index contributed by atoms with van der Waals surface area (Å²) >= 11 is 0.605. The Morgan fingerprint density at radius 3 is 2.80 bits per heavy atom. The fraction of sp³-hybridized carbons (Fsp3) is 0.636. The number of hydrogen-bond acceptors (Lipinski definition) is 9. The summed E-state index contributed by atoms with van der Waals surface area (Å²) in [5, 5.41) is 17.4. The first-order chi connectivity index (χ1) is 11.6. The van der Waals surface area contributed by atoms with Crippen LogP contribution in [0.5, 0.6) is 0 Å². The molecule has 0 spiro atoms. The van der Waals surface area contributed by atoms with Crippen molar-refractivity contribution in [1.82, 2.24) is 9.62 Å². The van der Waals surface area contributed by atoms with E-state index < -0.39 is 31.2 Å². The highest BCUT2D eigenvalue weighted by Gasteiger charge is 2.39. The third kappa shape index (κ3) is 4.45. The molecule has 11 nitrogen and oxygen atoms in total. The van der Waals surface area contributed by atoms with Gasteiger partial charge in [0.2, 0.25) is 10.0 Å². The third-order valence-electron chi connectivity index (χ3n) is 3.52. The van der Waals surface area contributed by atoms with Gasteiger partial charge >= 0.3 is 0 Å². The Bertz CT molecular complexity index is 849. The topological polar surface area (TPSA) is 162 Å². The van der Waals surface area contributed by atoms with E-state index in [4.69, 9.17) is 5.14 Å². The molecule has 1 aliphatic rings. The Labute approximate surface area is 149 Å². The minimum absolute atomic E-state index is 0.0140. The van der Waals surface area contributed by atoms with Crippen LogP contribution < -0.4 is 10.5 Å². The molecule has 25 heavy (non-hydrogen) atoms. The monoisotopic (exact) mass is 414 g/mol. The lowest BCUT2D eigenvalue weighted by Gasteiger charge is -2.32. The van der Waals surface area contributed by atoms with Crippen LogP contribution in [0.3, 0.4) is 0 Å². The summed E-state index contributed by atoms with van der Waals surface area (Å²) < 4.78 is 49.4. The van der Waals surface area contributed by atoms with Crippen LogP contribution in [-0.2, 0) is 24.9 Å². The molecule has 2 rings (SSSR count). The standard InChI is InChI=1S/C11H18N4O7S3/c1-2-13-9-7-14(4-3-5-22-15(16)17)25(20,21)11-8(9)6-10(23-11)24(12,18)19/h6,9,13H,2-5,7H2,1H3,(H2,12,18,19)/t9-/m0/s1. The highest BCUT2D eigenvalue weighted by atomic mass is 32.3. The highest BCUT2D eigenvalue weighted by Crippen LogP contribution is 2.39. The number of likely N-dealkylation sites (N-methyl/N-ethyl adjacent to an activating group) is 1. The van der Waals surface area contributed by atoms with Gasteiger partial charge in [0.15, 0.2) is 0 Å². The molecule has 1 aliphatic heterocycles. The van der Waals surface area contributed by atoms with Gasteiger partial charge in [-0.05, 0) is 19.0 Å². The maximum Gasteiger partial charge on any atom is 0.294 e. The Morgan fingerprint density at radius 1 is 1.56 bits per heavy atom. The molecule has 1 aromatic rings. The Hall–Kier alpha value is -1.32. The van der Waals surface area contributed by atoms with Gasteiger partial charge < -0.3 is 10.2 Å². The first-order valence-electron chi connectivity index (χ1n) is 7.24. The highest BCUT2D eigenvalue weighted by molar-refractivity contribution is 7.94. The molecule has 0 bridgehead atoms. The summed E-state index contributed by atoms with van der Waals surface area (Å²) in [5.74, 6) is 0. The molecule has 1 atom stereocenters. The number of thiophene rings is 1. The van der Waals surface area contributed by atoms with E-state index in [-0.39, 0.29) is 34.5 Å².